The van der Waals surface area contributed by atoms with E-state index in [4.69, 9.17) is 18.9 Å². The number of methoxy groups -OCH3 is 2. The van der Waals surface area contributed by atoms with Gasteiger partial charge in [-0.15, -0.1) is 0 Å². The quantitative estimate of drug-likeness (QED) is 0.648. The third kappa shape index (κ3) is 5.87. The lowest BCUT2D eigenvalue weighted by Gasteiger charge is -2.38. The van der Waals surface area contributed by atoms with Gasteiger partial charge in [-0.25, -0.2) is 0 Å². The summed E-state index contributed by atoms with van der Waals surface area (Å²) in [6.45, 7) is 2.77. The van der Waals surface area contributed by atoms with E-state index in [0.717, 1.165) is 12.8 Å². The number of hydrogen-bond donors (Lipinski definition) is 0. The Morgan fingerprint density at radius 1 is 1.03 bits per heavy atom. The molecule has 3 rings (SSSR count). The van der Waals surface area contributed by atoms with Crippen molar-refractivity contribution in [3.63, 3.8) is 0 Å². The van der Waals surface area contributed by atoms with E-state index in [9.17, 15) is 14.9 Å². The van der Waals surface area contributed by atoms with Crippen molar-refractivity contribution in [3.05, 3.63) is 29.3 Å². The Labute approximate surface area is 201 Å². The summed E-state index contributed by atoms with van der Waals surface area (Å²) in [6, 6.07) is 6.90. The summed E-state index contributed by atoms with van der Waals surface area (Å²) in [5.41, 5.74) is 0.678. The van der Waals surface area contributed by atoms with E-state index in [1.165, 1.54) is 18.1 Å². The molecule has 2 heterocycles. The van der Waals surface area contributed by atoms with Crippen molar-refractivity contribution in [2.45, 2.75) is 50.6 Å². The zero-order chi connectivity index (χ0) is 24.8. The molecule has 0 aliphatic carbocycles. The summed E-state index contributed by atoms with van der Waals surface area (Å²) >= 11 is 0. The minimum absolute atomic E-state index is 0.0443. The van der Waals surface area contributed by atoms with Crippen LogP contribution in [-0.4, -0.2) is 94.0 Å². The molecule has 2 aliphatic heterocycles. The van der Waals surface area contributed by atoms with Crippen LogP contribution < -0.4 is 4.74 Å². The molecule has 0 N–H and O–H groups in total. The van der Waals surface area contributed by atoms with Gasteiger partial charge in [0.1, 0.15) is 11.9 Å². The van der Waals surface area contributed by atoms with Gasteiger partial charge in [0, 0.05) is 47.8 Å². The molecule has 9 heteroatoms. The van der Waals surface area contributed by atoms with Crippen LogP contribution >= 0.6 is 0 Å². The highest BCUT2D eigenvalue weighted by Gasteiger charge is 2.35. The summed E-state index contributed by atoms with van der Waals surface area (Å²) in [4.78, 5) is 29.7. The summed E-state index contributed by atoms with van der Waals surface area (Å²) in [7, 11) is 6.61. The fourth-order valence-corrected chi connectivity index (χ4v) is 4.64. The fourth-order valence-electron chi connectivity index (χ4n) is 4.64. The number of likely N-dealkylation sites (N-methyl/N-ethyl adjacent to an activating group) is 2. The van der Waals surface area contributed by atoms with E-state index in [0.29, 0.717) is 36.4 Å². The van der Waals surface area contributed by atoms with Crippen molar-refractivity contribution >= 4 is 11.8 Å². The molecule has 0 spiro atoms. The molecule has 0 radical (unpaired) electrons. The second-order valence-electron chi connectivity index (χ2n) is 9.08. The lowest BCUT2D eigenvalue weighted by Crippen LogP contribution is -2.50. The summed E-state index contributed by atoms with van der Waals surface area (Å²) in [6.07, 6.45) is 1.39. The molecule has 0 aromatic heterocycles. The van der Waals surface area contributed by atoms with Crippen molar-refractivity contribution in [2.75, 3.05) is 48.0 Å². The van der Waals surface area contributed by atoms with Gasteiger partial charge in [0.15, 0.2) is 0 Å². The van der Waals surface area contributed by atoms with Gasteiger partial charge < -0.3 is 28.7 Å². The van der Waals surface area contributed by atoms with Crippen LogP contribution in [0.2, 0.25) is 0 Å². The molecule has 1 saturated heterocycles. The van der Waals surface area contributed by atoms with Gasteiger partial charge in [-0.05, 0) is 31.0 Å². The predicted octanol–water partition coefficient (Wildman–Crippen LogP) is 2.08. The van der Waals surface area contributed by atoms with E-state index < -0.39 is 12.0 Å². The van der Waals surface area contributed by atoms with Gasteiger partial charge in [-0.2, -0.15) is 5.26 Å². The van der Waals surface area contributed by atoms with Crippen LogP contribution in [0.1, 0.15) is 42.1 Å². The number of ether oxygens (including phenoxy) is 4. The predicted molar refractivity (Wildman–Crippen MR) is 125 cm³/mol. The Hall–Kier alpha value is -2.67. The molecular formula is C25H35N3O6. The molecule has 5 atom stereocenters. The van der Waals surface area contributed by atoms with Crippen molar-refractivity contribution in [3.8, 4) is 11.8 Å². The maximum atomic E-state index is 13.3. The average molecular weight is 474 g/mol. The largest absolute Gasteiger partial charge is 0.493 e. The maximum Gasteiger partial charge on any atom is 0.257 e. The summed E-state index contributed by atoms with van der Waals surface area (Å²) in [5.74, 6) is -0.454. The molecule has 1 aromatic carbocycles. The van der Waals surface area contributed by atoms with Gasteiger partial charge >= 0.3 is 0 Å². The number of amides is 2. The SMILES string of the molecule is CO[C@@H]1CC[C@@H]2CCOc3ccc(C#N)cc3C(=O)N(C)C[C@@H](OC)[C@@H](C)C(=O)N(C)C[C@@H]1O2. The molecule has 0 unspecified atom stereocenters. The summed E-state index contributed by atoms with van der Waals surface area (Å²) in [5, 5.41) is 9.33. The van der Waals surface area contributed by atoms with E-state index >= 15 is 0 Å². The van der Waals surface area contributed by atoms with Crippen molar-refractivity contribution in [1.82, 2.24) is 9.80 Å². The van der Waals surface area contributed by atoms with E-state index in [1.54, 1.807) is 45.2 Å². The van der Waals surface area contributed by atoms with Crippen LogP contribution in [0.5, 0.6) is 5.75 Å². The topological polar surface area (TPSA) is 101 Å². The molecule has 9 nitrogen and oxygen atoms in total. The highest BCUT2D eigenvalue weighted by atomic mass is 16.5. The number of nitrogens with zero attached hydrogens (tertiary/aromatic N) is 3. The van der Waals surface area contributed by atoms with Gasteiger partial charge in [-0.3, -0.25) is 9.59 Å². The molecular weight excluding hydrogens is 438 g/mol. The molecule has 2 bridgehead atoms. The first-order valence-electron chi connectivity index (χ1n) is 11.7. The smallest absolute Gasteiger partial charge is 0.257 e. The number of fused-ring (bicyclic) bond motifs is 3. The fraction of sp³-hybridized carbons (Fsp3) is 0.640. The summed E-state index contributed by atoms with van der Waals surface area (Å²) < 4.78 is 23.6. The van der Waals surface area contributed by atoms with Gasteiger partial charge in [0.2, 0.25) is 5.91 Å². The lowest BCUT2D eigenvalue weighted by molar-refractivity contribution is -0.154. The molecule has 1 aromatic rings. The Bertz CT molecular complexity index is 916. The lowest BCUT2D eigenvalue weighted by atomic mass is 9.97. The van der Waals surface area contributed by atoms with Gasteiger partial charge in [0.25, 0.3) is 5.91 Å². The van der Waals surface area contributed by atoms with Crippen molar-refractivity contribution in [2.24, 2.45) is 5.92 Å². The average Bonchev–Trinajstić information content (AvgIpc) is 2.85. The van der Waals surface area contributed by atoms with Crippen LogP contribution in [0.3, 0.4) is 0 Å². The number of nitriles is 1. The third-order valence-electron chi connectivity index (χ3n) is 6.77. The van der Waals surface area contributed by atoms with Crippen LogP contribution in [0.25, 0.3) is 0 Å². The number of benzene rings is 1. The van der Waals surface area contributed by atoms with Crippen molar-refractivity contribution < 1.29 is 28.5 Å². The zero-order valence-electron chi connectivity index (χ0n) is 20.7. The second-order valence-corrected chi connectivity index (χ2v) is 9.08. The molecule has 2 aliphatic rings. The molecule has 2 amide bonds. The van der Waals surface area contributed by atoms with E-state index in [-0.39, 0.29) is 36.7 Å². The molecule has 186 valence electrons. The van der Waals surface area contributed by atoms with Crippen LogP contribution in [0.4, 0.5) is 0 Å². The highest BCUT2D eigenvalue weighted by Crippen LogP contribution is 2.27. The first-order valence-corrected chi connectivity index (χ1v) is 11.7. The maximum absolute atomic E-state index is 13.3. The Morgan fingerprint density at radius 2 is 1.76 bits per heavy atom. The highest BCUT2D eigenvalue weighted by molar-refractivity contribution is 5.97. The zero-order valence-corrected chi connectivity index (χ0v) is 20.7. The van der Waals surface area contributed by atoms with E-state index in [1.807, 2.05) is 0 Å². The second kappa shape index (κ2) is 11.6. The standard InChI is InChI=1S/C25H35N3O6/c1-16-22(32-5)14-28(3)25(30)19-12-17(13-26)6-8-20(19)33-11-10-18-7-9-21(31-4)23(34-18)15-27(2)24(16)29/h6,8,12,16,18,21-23H,7,9-11,14-15H2,1-5H3/t16-,18-,21-,22-,23+/m1/s1. The molecule has 34 heavy (non-hydrogen) atoms. The Morgan fingerprint density at radius 3 is 2.44 bits per heavy atom. The Kier molecular flexibility index (Phi) is 8.89. The first kappa shape index (κ1) is 25.9. The number of hydrogen-bond acceptors (Lipinski definition) is 7. The monoisotopic (exact) mass is 473 g/mol. The Balaban J connectivity index is 1.93. The third-order valence-corrected chi connectivity index (χ3v) is 6.77. The van der Waals surface area contributed by atoms with Crippen LogP contribution in [0.15, 0.2) is 18.2 Å². The first-order chi connectivity index (χ1) is 16.3. The van der Waals surface area contributed by atoms with Crippen LogP contribution in [-0.2, 0) is 19.0 Å². The van der Waals surface area contributed by atoms with Gasteiger partial charge in [0.05, 0.1) is 48.0 Å². The molecule has 0 saturated carbocycles. The minimum atomic E-state index is -0.515. The number of carbonyl (C=O) groups is 2. The minimum Gasteiger partial charge on any atom is -0.493 e. The molecule has 1 fully saturated rings. The van der Waals surface area contributed by atoms with Crippen molar-refractivity contribution in [1.29, 1.82) is 5.26 Å². The van der Waals surface area contributed by atoms with Gasteiger partial charge in [-0.1, -0.05) is 6.92 Å². The number of rotatable bonds is 2. The number of carbonyl (C=O) groups excluding carboxylic acids is 2. The normalized spacial score (nSPS) is 29.2. The van der Waals surface area contributed by atoms with E-state index in [2.05, 4.69) is 6.07 Å². The van der Waals surface area contributed by atoms with Crippen LogP contribution in [0, 0.1) is 17.2 Å².